The highest BCUT2D eigenvalue weighted by Crippen LogP contribution is 2.45. The van der Waals surface area contributed by atoms with Crippen LogP contribution in [0.1, 0.15) is 73.6 Å². The Morgan fingerprint density at radius 1 is 1.17 bits per heavy atom. The Hall–Kier alpha value is -2.19. The number of ether oxygens (including phenoxy) is 4. The van der Waals surface area contributed by atoms with Crippen LogP contribution in [0.15, 0.2) is 34.5 Å². The van der Waals surface area contributed by atoms with Crippen LogP contribution in [0.2, 0.25) is 16.6 Å². The van der Waals surface area contributed by atoms with Crippen LogP contribution in [-0.2, 0) is 39.9 Å². The lowest BCUT2D eigenvalue weighted by atomic mass is 9.92. The lowest BCUT2D eigenvalue weighted by Crippen LogP contribution is -2.57. The maximum Gasteiger partial charge on any atom is 0.534 e. The molecule has 0 aliphatic carbocycles. The molecule has 47 heavy (non-hydrogen) atoms. The summed E-state index contributed by atoms with van der Waals surface area (Å²) in [6.45, 7) is 15.0. The summed E-state index contributed by atoms with van der Waals surface area (Å²) in [6, 6.07) is 0. The van der Waals surface area contributed by atoms with Gasteiger partial charge in [-0.2, -0.15) is 26.6 Å². The minimum atomic E-state index is -5.94. The third kappa shape index (κ3) is 10.4. The van der Waals surface area contributed by atoms with Crippen molar-refractivity contribution in [3.8, 4) is 18.2 Å². The van der Waals surface area contributed by atoms with Crippen molar-refractivity contribution in [3.63, 3.8) is 0 Å². The zero-order valence-corrected chi connectivity index (χ0v) is 30.7. The number of nitrogens with zero attached hydrogens (tertiary/aromatic N) is 1. The van der Waals surface area contributed by atoms with E-state index in [1.165, 1.54) is 7.11 Å². The van der Waals surface area contributed by atoms with E-state index in [4.69, 9.17) is 34.2 Å². The highest BCUT2D eigenvalue weighted by Gasteiger charge is 2.52. The number of methoxy groups -OCH3 is 3. The molecule has 0 spiro atoms. The van der Waals surface area contributed by atoms with E-state index in [9.17, 15) is 21.6 Å². The number of oxazole rings is 1. The molecular weight excluding hydrogens is 659 g/mol. The topological polar surface area (TPSA) is 116 Å². The highest BCUT2D eigenvalue weighted by atomic mass is 32.2. The molecule has 1 fully saturated rings. The van der Waals surface area contributed by atoms with Crippen LogP contribution in [0.25, 0.3) is 0 Å². The van der Waals surface area contributed by atoms with Crippen LogP contribution in [0, 0.1) is 12.3 Å². The van der Waals surface area contributed by atoms with Crippen molar-refractivity contribution in [2.45, 2.75) is 126 Å². The highest BCUT2D eigenvalue weighted by molar-refractivity contribution is 7.87. The van der Waals surface area contributed by atoms with E-state index in [1.807, 2.05) is 25.2 Å². The first-order chi connectivity index (χ1) is 21.8. The van der Waals surface area contributed by atoms with Crippen LogP contribution in [0.3, 0.4) is 0 Å². The fourth-order valence-corrected chi connectivity index (χ4v) is 12.2. The molecule has 0 amide bonds. The number of alkyl halides is 3. The maximum absolute atomic E-state index is 12.9. The summed E-state index contributed by atoms with van der Waals surface area (Å²) in [5, 5.41) is 0. The molecule has 1 aliphatic rings. The quantitative estimate of drug-likeness (QED) is 0.0546. The Kier molecular flexibility index (Phi) is 14.8. The summed E-state index contributed by atoms with van der Waals surface area (Å²) < 4.78 is 102. The van der Waals surface area contributed by atoms with Gasteiger partial charge in [-0.15, -0.1) is 12.3 Å². The number of hydrogen-bond donors (Lipinski definition) is 0. The molecule has 10 nitrogen and oxygen atoms in total. The number of terminal acetylenes is 1. The molecule has 0 aromatic carbocycles. The molecule has 2 heterocycles. The monoisotopic (exact) mass is 709 g/mol. The molecule has 0 N–H and O–H groups in total. The molecule has 1 saturated heterocycles. The van der Waals surface area contributed by atoms with Gasteiger partial charge in [0.15, 0.2) is 12.1 Å². The molecule has 0 bridgehead atoms. The normalized spacial score (nSPS) is 23.1. The van der Waals surface area contributed by atoms with Gasteiger partial charge in [0.1, 0.15) is 0 Å². The van der Waals surface area contributed by atoms with Crippen molar-refractivity contribution < 1.29 is 53.6 Å². The summed E-state index contributed by atoms with van der Waals surface area (Å²) >= 11 is 0. The summed E-state index contributed by atoms with van der Waals surface area (Å²) in [5.74, 6) is 0.164. The third-order valence-corrected chi connectivity index (χ3v) is 15.6. The van der Waals surface area contributed by atoms with Crippen molar-refractivity contribution >= 4 is 18.4 Å². The summed E-state index contributed by atoms with van der Waals surface area (Å²) in [5.41, 5.74) is -3.96. The molecular formula is C32H50F3NO9SSi. The Balaban J connectivity index is 2.57. The van der Waals surface area contributed by atoms with E-state index in [-0.39, 0.29) is 47.6 Å². The molecule has 2 rings (SSSR count). The number of rotatable bonds is 17. The van der Waals surface area contributed by atoms with E-state index in [0.29, 0.717) is 19.1 Å². The van der Waals surface area contributed by atoms with Gasteiger partial charge in [0, 0.05) is 40.6 Å². The summed E-state index contributed by atoms with van der Waals surface area (Å²) in [7, 11) is -3.83. The third-order valence-electron chi connectivity index (χ3n) is 8.57. The predicted octanol–water partition coefficient (Wildman–Crippen LogP) is 7.08. The van der Waals surface area contributed by atoms with Crippen molar-refractivity contribution in [2.75, 3.05) is 21.3 Å². The fourth-order valence-electron chi connectivity index (χ4n) is 6.34. The van der Waals surface area contributed by atoms with Crippen molar-refractivity contribution in [3.05, 3.63) is 36.0 Å². The van der Waals surface area contributed by atoms with Crippen LogP contribution in [0.5, 0.6) is 5.88 Å². The number of halogens is 3. The van der Waals surface area contributed by atoms with E-state index >= 15 is 0 Å². The lowest BCUT2D eigenvalue weighted by molar-refractivity contribution is -0.297. The molecule has 5 atom stereocenters. The van der Waals surface area contributed by atoms with Crippen molar-refractivity contribution in [1.82, 2.24) is 4.98 Å². The molecule has 0 radical (unpaired) electrons. The van der Waals surface area contributed by atoms with Gasteiger partial charge in [0.05, 0.1) is 30.8 Å². The standard InChI is InChI=1S/C32H50F3NO9SSi/c1-12-13-25(39-9)15-14-24(8)16-28(45-47(21(2)3,22(4)5)23(6)7)27-17-26(40-10)18-31(41-11,43-27)19-29-36-30(20-42-29)44-46(37,38)32(33,34)35/h1,14-16,20-23,25-28H,13,17-19H2,2-11H3/b15-14+,24-16+/t25-,26-,27-,28-,31+/m1/s1. The van der Waals surface area contributed by atoms with Crippen LogP contribution in [0.4, 0.5) is 13.2 Å². The van der Waals surface area contributed by atoms with Crippen molar-refractivity contribution in [2.24, 2.45) is 0 Å². The van der Waals surface area contributed by atoms with Gasteiger partial charge in [0.2, 0.25) is 14.2 Å². The zero-order chi connectivity index (χ0) is 35.8. The first-order valence-electron chi connectivity index (χ1n) is 15.5. The number of allylic oxidation sites excluding steroid dienone is 2. The van der Waals surface area contributed by atoms with E-state index in [1.54, 1.807) is 14.2 Å². The van der Waals surface area contributed by atoms with Gasteiger partial charge in [-0.3, -0.25) is 0 Å². The fraction of sp³-hybridized carbons (Fsp3) is 0.719. The second kappa shape index (κ2) is 17.0. The van der Waals surface area contributed by atoms with Gasteiger partial charge in [-0.25, -0.2) is 0 Å². The molecule has 0 saturated carbocycles. The van der Waals surface area contributed by atoms with Gasteiger partial charge in [-0.05, 0) is 23.5 Å². The van der Waals surface area contributed by atoms with Gasteiger partial charge >= 0.3 is 15.6 Å². The first kappa shape index (κ1) is 41.0. The second-order valence-corrected chi connectivity index (χ2v) is 19.6. The molecule has 0 unspecified atom stereocenters. The SMILES string of the molecule is C#CC[C@H](/C=C/C(C)=C/[C@@H](O[Si](C(C)C)(C(C)C)C(C)C)[C@H]1C[C@@H](OC)C[C@](Cc2nc(OS(=O)(=O)C(F)(F)F)co2)(OC)O1)OC. The van der Waals surface area contributed by atoms with Crippen LogP contribution in [-0.4, -0.2) is 78.8 Å². The summed E-state index contributed by atoms with van der Waals surface area (Å²) in [4.78, 5) is 3.82. The number of hydrogen-bond acceptors (Lipinski definition) is 10. The molecule has 1 aromatic rings. The minimum Gasteiger partial charge on any atom is -0.445 e. The first-order valence-corrected chi connectivity index (χ1v) is 19.1. The Morgan fingerprint density at radius 2 is 1.79 bits per heavy atom. The van der Waals surface area contributed by atoms with Gasteiger partial charge in [-0.1, -0.05) is 65.3 Å². The molecule has 1 aromatic heterocycles. The van der Waals surface area contributed by atoms with Gasteiger partial charge in [0.25, 0.3) is 5.88 Å². The summed E-state index contributed by atoms with van der Waals surface area (Å²) in [6.07, 6.45) is 11.1. The minimum absolute atomic E-state index is 0.156. The van der Waals surface area contributed by atoms with Crippen LogP contribution >= 0.6 is 0 Å². The Bertz CT molecular complexity index is 1330. The Labute approximate surface area is 278 Å². The van der Waals surface area contributed by atoms with E-state index in [2.05, 4.69) is 56.6 Å². The van der Waals surface area contributed by atoms with Crippen LogP contribution < -0.4 is 4.18 Å². The van der Waals surface area contributed by atoms with E-state index < -0.39 is 47.8 Å². The average molecular weight is 710 g/mol. The maximum atomic E-state index is 12.9. The Morgan fingerprint density at radius 3 is 2.28 bits per heavy atom. The largest absolute Gasteiger partial charge is 0.534 e. The van der Waals surface area contributed by atoms with E-state index in [0.717, 1.165) is 5.57 Å². The number of aromatic nitrogens is 1. The lowest BCUT2D eigenvalue weighted by Gasteiger charge is -2.49. The average Bonchev–Trinajstić information content (AvgIpc) is 3.41. The zero-order valence-electron chi connectivity index (χ0n) is 28.9. The smallest absolute Gasteiger partial charge is 0.445 e. The predicted molar refractivity (Wildman–Crippen MR) is 174 cm³/mol. The molecule has 15 heteroatoms. The second-order valence-electron chi connectivity index (χ2n) is 12.7. The molecule has 268 valence electrons. The molecule has 1 aliphatic heterocycles. The van der Waals surface area contributed by atoms with Crippen molar-refractivity contribution in [1.29, 1.82) is 0 Å². The van der Waals surface area contributed by atoms with Gasteiger partial charge < -0.3 is 32.0 Å².